The van der Waals surface area contributed by atoms with Crippen molar-refractivity contribution in [3.05, 3.63) is 76.9 Å². The van der Waals surface area contributed by atoms with Crippen LogP contribution >= 0.6 is 0 Å². The van der Waals surface area contributed by atoms with Crippen LogP contribution in [0.15, 0.2) is 46.6 Å². The second kappa shape index (κ2) is 12.7. The Morgan fingerprint density at radius 2 is 1.29 bits per heavy atom. The van der Waals surface area contributed by atoms with Crippen molar-refractivity contribution in [2.24, 2.45) is 10.2 Å². The molecule has 0 heterocycles. The van der Waals surface area contributed by atoms with Crippen LogP contribution in [0.3, 0.4) is 0 Å². The molecule has 2 rings (SSSR count). The van der Waals surface area contributed by atoms with Gasteiger partial charge in [0.1, 0.15) is 35.4 Å². The van der Waals surface area contributed by atoms with E-state index in [0.29, 0.717) is 18.3 Å². The van der Waals surface area contributed by atoms with E-state index in [4.69, 9.17) is 5.11 Å². The Morgan fingerprint density at radius 3 is 1.71 bits per heavy atom. The van der Waals surface area contributed by atoms with E-state index in [9.17, 15) is 55.8 Å². The fourth-order valence-corrected chi connectivity index (χ4v) is 2.72. The minimum Gasteiger partial charge on any atom is -0.394 e. The van der Waals surface area contributed by atoms with Gasteiger partial charge >= 0.3 is 11.4 Å². The summed E-state index contributed by atoms with van der Waals surface area (Å²) >= 11 is 0. The van der Waals surface area contributed by atoms with E-state index >= 15 is 0 Å². The van der Waals surface area contributed by atoms with Crippen molar-refractivity contribution in [3.8, 4) is 0 Å². The molecule has 20 nitrogen and oxygen atoms in total. The molecule has 0 spiro atoms. The molecule has 0 saturated carbocycles. The van der Waals surface area contributed by atoms with Gasteiger partial charge in [0.2, 0.25) is 0 Å². The summed E-state index contributed by atoms with van der Waals surface area (Å²) in [7, 11) is 0. The monoisotopic (exact) mass is 538 g/mol. The third kappa shape index (κ3) is 7.17. The highest BCUT2D eigenvalue weighted by Gasteiger charge is 2.28. The number of hydrazone groups is 2. The van der Waals surface area contributed by atoms with E-state index < -0.39 is 78.8 Å². The van der Waals surface area contributed by atoms with E-state index in [1.807, 2.05) is 0 Å². The van der Waals surface area contributed by atoms with Crippen LogP contribution in [0.1, 0.15) is 0 Å². The summed E-state index contributed by atoms with van der Waals surface area (Å²) < 4.78 is 0. The van der Waals surface area contributed by atoms with E-state index in [1.54, 1.807) is 0 Å². The molecular formula is C18H18N8O12. The molecule has 38 heavy (non-hydrogen) atoms. The first-order chi connectivity index (χ1) is 17.9. The van der Waals surface area contributed by atoms with E-state index in [0.717, 1.165) is 24.3 Å². The summed E-state index contributed by atoms with van der Waals surface area (Å²) in [5.41, 5.74) is 0.248. The normalized spacial score (nSPS) is 13.9. The van der Waals surface area contributed by atoms with Crippen LogP contribution in [-0.4, -0.2) is 77.0 Å². The zero-order chi connectivity index (χ0) is 28.6. The lowest BCUT2D eigenvalue weighted by molar-refractivity contribution is -0.393. The largest absolute Gasteiger partial charge is 0.394 e. The van der Waals surface area contributed by atoms with Gasteiger partial charge in [-0.05, 0) is 12.1 Å². The Hall–Kier alpha value is -5.18. The van der Waals surface area contributed by atoms with Crippen LogP contribution in [0.2, 0.25) is 0 Å². The number of hydrogen-bond acceptors (Lipinski definition) is 16. The lowest BCUT2D eigenvalue weighted by Gasteiger charge is -2.21. The van der Waals surface area contributed by atoms with Gasteiger partial charge in [0, 0.05) is 12.1 Å². The van der Waals surface area contributed by atoms with Crippen molar-refractivity contribution in [3.63, 3.8) is 0 Å². The average molecular weight is 538 g/mol. The highest BCUT2D eigenvalue weighted by atomic mass is 16.6. The molecule has 0 aromatic heterocycles. The Labute approximate surface area is 209 Å². The third-order valence-corrected chi connectivity index (χ3v) is 4.67. The van der Waals surface area contributed by atoms with E-state index in [1.165, 1.54) is 0 Å². The molecule has 0 aliphatic carbocycles. The molecule has 2 aromatic carbocycles. The predicted octanol–water partition coefficient (Wildman–Crippen LogP) is 0.260. The highest BCUT2D eigenvalue weighted by Crippen LogP contribution is 2.30. The predicted molar refractivity (Wildman–Crippen MR) is 128 cm³/mol. The number of nitrogens with zero attached hydrogens (tertiary/aromatic N) is 6. The van der Waals surface area contributed by atoms with Crippen molar-refractivity contribution in [2.75, 3.05) is 17.5 Å². The molecule has 202 valence electrons. The number of aliphatic hydroxyl groups excluding tert-OH is 4. The standard InChI is InChI=1S/C18H18N8O12/c27-8-16(28)18(30)17(29)13(22-21-12-4-2-10(24(33)34)6-15(12)26(37)38)7-19-20-11-3-1-9(23(31)32)5-14(11)25(35)36/h1-7,16-18,20-21,27-30H,8H2/b19-7+,22-13-/t16-,17+,18-/m1/s1. The first-order valence-electron chi connectivity index (χ1n) is 10.0. The summed E-state index contributed by atoms with van der Waals surface area (Å²) in [6.07, 6.45) is -5.36. The van der Waals surface area contributed by atoms with Gasteiger partial charge in [-0.25, -0.2) is 0 Å². The van der Waals surface area contributed by atoms with Crippen molar-refractivity contribution in [2.45, 2.75) is 18.3 Å². The fourth-order valence-electron chi connectivity index (χ4n) is 2.72. The number of nitro benzene ring substituents is 4. The number of non-ortho nitro benzene ring substituents is 2. The smallest absolute Gasteiger partial charge is 0.301 e. The fraction of sp³-hybridized carbons (Fsp3) is 0.222. The van der Waals surface area contributed by atoms with Gasteiger partial charge in [0.05, 0.1) is 44.6 Å². The highest BCUT2D eigenvalue weighted by molar-refractivity contribution is 6.33. The van der Waals surface area contributed by atoms with Crippen LogP contribution < -0.4 is 10.9 Å². The molecule has 0 bridgehead atoms. The van der Waals surface area contributed by atoms with Crippen LogP contribution in [-0.2, 0) is 0 Å². The van der Waals surface area contributed by atoms with Crippen LogP contribution in [0.4, 0.5) is 34.1 Å². The van der Waals surface area contributed by atoms with Crippen LogP contribution in [0.5, 0.6) is 0 Å². The molecular weight excluding hydrogens is 520 g/mol. The second-order valence-corrected chi connectivity index (χ2v) is 7.14. The van der Waals surface area contributed by atoms with Gasteiger partial charge in [-0.3, -0.25) is 51.3 Å². The maximum atomic E-state index is 11.3. The molecule has 0 aliphatic heterocycles. The summed E-state index contributed by atoms with van der Waals surface area (Å²) in [6.45, 7) is -0.989. The van der Waals surface area contributed by atoms with E-state index in [-0.39, 0.29) is 5.69 Å². The number of aliphatic hydroxyl groups is 4. The Bertz CT molecular complexity index is 1300. The quantitative estimate of drug-likeness (QED) is 0.113. The summed E-state index contributed by atoms with van der Waals surface area (Å²) in [4.78, 5) is 40.7. The lowest BCUT2D eigenvalue weighted by Crippen LogP contribution is -2.44. The summed E-state index contributed by atoms with van der Waals surface area (Å²) in [5, 5.41) is 90.6. The molecule has 2 aromatic rings. The number of anilines is 2. The lowest BCUT2D eigenvalue weighted by atomic mass is 10.0. The first-order valence-corrected chi connectivity index (χ1v) is 10.0. The Balaban J connectivity index is 2.44. The van der Waals surface area contributed by atoms with Crippen molar-refractivity contribution >= 4 is 46.1 Å². The zero-order valence-corrected chi connectivity index (χ0v) is 18.7. The van der Waals surface area contributed by atoms with Crippen molar-refractivity contribution in [1.29, 1.82) is 0 Å². The number of benzene rings is 2. The minimum atomic E-state index is -2.10. The van der Waals surface area contributed by atoms with Gasteiger partial charge in [-0.1, -0.05) is 0 Å². The topological polar surface area (TPSA) is 302 Å². The number of nitro groups is 4. The number of rotatable bonds is 13. The molecule has 0 unspecified atom stereocenters. The molecule has 20 heteroatoms. The van der Waals surface area contributed by atoms with Gasteiger partial charge in [-0.2, -0.15) is 10.2 Å². The van der Waals surface area contributed by atoms with Gasteiger partial charge in [-0.15, -0.1) is 0 Å². The second-order valence-electron chi connectivity index (χ2n) is 7.14. The van der Waals surface area contributed by atoms with Crippen LogP contribution in [0, 0.1) is 40.5 Å². The SMILES string of the molecule is O=[N+]([O-])c1ccc(N/N=C(/C=N/Nc2ccc([N+](=O)[O-])cc2[N+](=O)[O-])[C@H](O)[C@H](O)[C@H](O)CO)c([N+](=O)[O-])c1. The molecule has 0 radical (unpaired) electrons. The summed E-state index contributed by atoms with van der Waals surface area (Å²) in [5.74, 6) is 0. The third-order valence-electron chi connectivity index (χ3n) is 4.67. The Kier molecular flexibility index (Phi) is 9.70. The van der Waals surface area contributed by atoms with Crippen molar-refractivity contribution in [1.82, 2.24) is 0 Å². The zero-order valence-electron chi connectivity index (χ0n) is 18.7. The molecule has 6 N–H and O–H groups in total. The molecule has 0 fully saturated rings. The first kappa shape index (κ1) is 29.1. The maximum absolute atomic E-state index is 11.3. The van der Waals surface area contributed by atoms with Crippen LogP contribution in [0.25, 0.3) is 0 Å². The van der Waals surface area contributed by atoms with Crippen molar-refractivity contribution < 1.29 is 40.1 Å². The van der Waals surface area contributed by atoms with Gasteiger partial charge in [0.25, 0.3) is 11.4 Å². The van der Waals surface area contributed by atoms with Gasteiger partial charge in [0.15, 0.2) is 0 Å². The molecule has 0 saturated heterocycles. The average Bonchev–Trinajstić information content (AvgIpc) is 2.88. The summed E-state index contributed by atoms with van der Waals surface area (Å²) in [6, 6.07) is 5.02. The van der Waals surface area contributed by atoms with Gasteiger partial charge < -0.3 is 20.4 Å². The van der Waals surface area contributed by atoms with E-state index in [2.05, 4.69) is 21.1 Å². The minimum absolute atomic E-state index is 0.333. The molecule has 0 aliphatic rings. The number of nitrogens with one attached hydrogen (secondary N) is 2. The molecule has 0 amide bonds. The molecule has 3 atom stereocenters. The maximum Gasteiger partial charge on any atom is 0.301 e. The number of hydrogen-bond donors (Lipinski definition) is 6. The Morgan fingerprint density at radius 1 is 0.816 bits per heavy atom.